The summed E-state index contributed by atoms with van der Waals surface area (Å²) in [6, 6.07) is 10.6. The van der Waals surface area contributed by atoms with Gasteiger partial charge in [0.05, 0.1) is 24.8 Å². The molecule has 0 aromatic heterocycles. The lowest BCUT2D eigenvalue weighted by Gasteiger charge is -2.33. The smallest absolute Gasteiger partial charge is 0.324 e. The predicted molar refractivity (Wildman–Crippen MR) is 103 cm³/mol. The second-order valence-corrected chi connectivity index (χ2v) is 6.64. The Kier molecular flexibility index (Phi) is 6.45. The van der Waals surface area contributed by atoms with Crippen LogP contribution in [0.2, 0.25) is 5.02 Å². The van der Waals surface area contributed by atoms with Gasteiger partial charge in [-0.3, -0.25) is 15.1 Å². The van der Waals surface area contributed by atoms with Crippen molar-refractivity contribution >= 4 is 29.2 Å². The summed E-state index contributed by atoms with van der Waals surface area (Å²) in [4.78, 5) is 27.9. The molecule has 1 saturated heterocycles. The minimum atomic E-state index is -0.554. The molecular formula is C19H20ClFN4O3. The van der Waals surface area contributed by atoms with Gasteiger partial charge in [0.2, 0.25) is 0 Å². The number of ether oxygens (including phenoxy) is 1. The van der Waals surface area contributed by atoms with Gasteiger partial charge in [0.25, 0.3) is 5.91 Å². The molecule has 1 aliphatic rings. The SMILES string of the molecule is NNC(=O)c1ccc(CN(C(=O)N2CCOCC2)c2ccc(F)c(Cl)c2)cc1. The third-order valence-corrected chi connectivity index (χ3v) is 4.70. The van der Waals surface area contributed by atoms with Crippen LogP contribution < -0.4 is 16.2 Å². The zero-order valence-corrected chi connectivity index (χ0v) is 15.8. The van der Waals surface area contributed by atoms with Gasteiger partial charge in [-0.05, 0) is 35.9 Å². The van der Waals surface area contributed by atoms with Crippen molar-refractivity contribution in [1.82, 2.24) is 10.3 Å². The molecule has 2 aromatic carbocycles. The first-order chi connectivity index (χ1) is 13.5. The highest BCUT2D eigenvalue weighted by atomic mass is 35.5. The largest absolute Gasteiger partial charge is 0.378 e. The highest BCUT2D eigenvalue weighted by Crippen LogP contribution is 2.25. The molecule has 28 heavy (non-hydrogen) atoms. The second kappa shape index (κ2) is 9.01. The lowest BCUT2D eigenvalue weighted by atomic mass is 10.1. The van der Waals surface area contributed by atoms with Crippen LogP contribution in [0.25, 0.3) is 0 Å². The van der Waals surface area contributed by atoms with Crippen molar-refractivity contribution in [2.24, 2.45) is 5.84 Å². The molecule has 9 heteroatoms. The Hall–Kier alpha value is -2.68. The maximum absolute atomic E-state index is 13.6. The monoisotopic (exact) mass is 406 g/mol. The van der Waals surface area contributed by atoms with E-state index in [1.807, 2.05) is 0 Å². The topological polar surface area (TPSA) is 87.9 Å². The number of rotatable bonds is 4. The fourth-order valence-electron chi connectivity index (χ4n) is 2.88. The Morgan fingerprint density at radius 2 is 1.86 bits per heavy atom. The van der Waals surface area contributed by atoms with E-state index in [0.29, 0.717) is 37.6 Å². The molecule has 0 bridgehead atoms. The van der Waals surface area contributed by atoms with Gasteiger partial charge < -0.3 is 9.64 Å². The van der Waals surface area contributed by atoms with E-state index < -0.39 is 11.7 Å². The molecule has 3 amide bonds. The summed E-state index contributed by atoms with van der Waals surface area (Å²) in [7, 11) is 0. The van der Waals surface area contributed by atoms with Crippen LogP contribution in [0, 0.1) is 5.82 Å². The van der Waals surface area contributed by atoms with Crippen LogP contribution in [0.3, 0.4) is 0 Å². The Bertz CT molecular complexity index is 857. The zero-order valence-electron chi connectivity index (χ0n) is 15.0. The number of nitrogens with zero attached hydrogens (tertiary/aromatic N) is 2. The number of amides is 3. The quantitative estimate of drug-likeness (QED) is 0.464. The normalized spacial score (nSPS) is 13.9. The number of halogens is 2. The highest BCUT2D eigenvalue weighted by Gasteiger charge is 2.25. The number of hydrazine groups is 1. The Morgan fingerprint density at radius 1 is 1.18 bits per heavy atom. The zero-order chi connectivity index (χ0) is 20.1. The number of carbonyl (C=O) groups excluding carboxylic acids is 2. The molecule has 0 atom stereocenters. The van der Waals surface area contributed by atoms with Gasteiger partial charge >= 0.3 is 6.03 Å². The van der Waals surface area contributed by atoms with Gasteiger partial charge in [-0.2, -0.15) is 0 Å². The number of urea groups is 1. The molecule has 3 rings (SSSR count). The summed E-state index contributed by atoms with van der Waals surface area (Å²) in [6.45, 7) is 2.10. The maximum Gasteiger partial charge on any atom is 0.324 e. The standard InChI is InChI=1S/C19H20ClFN4O3/c20-16-11-15(5-6-17(16)21)25(19(27)24-7-9-28-10-8-24)12-13-1-3-14(4-2-13)18(26)23-22/h1-6,11H,7-10,12,22H2,(H,23,26). The van der Waals surface area contributed by atoms with Gasteiger partial charge in [0, 0.05) is 24.3 Å². The van der Waals surface area contributed by atoms with Crippen molar-refractivity contribution in [2.75, 3.05) is 31.2 Å². The third kappa shape index (κ3) is 4.59. The van der Waals surface area contributed by atoms with Gasteiger partial charge in [0.1, 0.15) is 5.82 Å². The van der Waals surface area contributed by atoms with E-state index in [9.17, 15) is 14.0 Å². The average Bonchev–Trinajstić information content (AvgIpc) is 2.74. The summed E-state index contributed by atoms with van der Waals surface area (Å²) < 4.78 is 18.9. The molecule has 0 radical (unpaired) electrons. The summed E-state index contributed by atoms with van der Waals surface area (Å²) in [6.07, 6.45) is 0. The van der Waals surface area contributed by atoms with E-state index in [2.05, 4.69) is 5.43 Å². The van der Waals surface area contributed by atoms with E-state index in [-0.39, 0.29) is 17.6 Å². The fraction of sp³-hybridized carbons (Fsp3) is 0.263. The minimum Gasteiger partial charge on any atom is -0.378 e. The van der Waals surface area contributed by atoms with Crippen LogP contribution in [0.15, 0.2) is 42.5 Å². The number of nitrogens with one attached hydrogen (secondary N) is 1. The third-order valence-electron chi connectivity index (χ3n) is 4.42. The molecule has 0 saturated carbocycles. The second-order valence-electron chi connectivity index (χ2n) is 6.24. The maximum atomic E-state index is 13.6. The van der Waals surface area contributed by atoms with Crippen molar-refractivity contribution in [3.63, 3.8) is 0 Å². The van der Waals surface area contributed by atoms with Crippen LogP contribution in [-0.2, 0) is 11.3 Å². The van der Waals surface area contributed by atoms with Crippen LogP contribution in [0.1, 0.15) is 15.9 Å². The van der Waals surface area contributed by atoms with Crippen molar-refractivity contribution in [3.05, 3.63) is 64.4 Å². The lowest BCUT2D eigenvalue weighted by Crippen LogP contribution is -2.48. The van der Waals surface area contributed by atoms with Crippen molar-refractivity contribution < 1.29 is 18.7 Å². The average molecular weight is 407 g/mol. The van der Waals surface area contributed by atoms with E-state index in [1.165, 1.54) is 23.1 Å². The van der Waals surface area contributed by atoms with Crippen molar-refractivity contribution in [1.29, 1.82) is 0 Å². The van der Waals surface area contributed by atoms with Crippen LogP contribution in [0.4, 0.5) is 14.9 Å². The molecule has 7 nitrogen and oxygen atoms in total. The number of nitrogens with two attached hydrogens (primary N) is 1. The molecule has 0 aliphatic carbocycles. The number of hydrogen-bond acceptors (Lipinski definition) is 4. The number of morpholine rings is 1. The molecule has 1 heterocycles. The van der Waals surface area contributed by atoms with Crippen molar-refractivity contribution in [3.8, 4) is 0 Å². The molecule has 1 fully saturated rings. The van der Waals surface area contributed by atoms with Gasteiger partial charge in [-0.25, -0.2) is 15.0 Å². The molecular weight excluding hydrogens is 387 g/mol. The highest BCUT2D eigenvalue weighted by molar-refractivity contribution is 6.31. The van der Waals surface area contributed by atoms with E-state index in [1.54, 1.807) is 29.2 Å². The van der Waals surface area contributed by atoms with Gasteiger partial charge in [0.15, 0.2) is 0 Å². The van der Waals surface area contributed by atoms with Gasteiger partial charge in [-0.15, -0.1) is 0 Å². The van der Waals surface area contributed by atoms with E-state index in [0.717, 1.165) is 5.56 Å². The first-order valence-electron chi connectivity index (χ1n) is 8.68. The first-order valence-corrected chi connectivity index (χ1v) is 9.06. The number of carbonyl (C=O) groups is 2. The molecule has 1 aliphatic heterocycles. The molecule has 0 unspecified atom stereocenters. The minimum absolute atomic E-state index is 0.0627. The summed E-state index contributed by atoms with van der Waals surface area (Å²) in [5.41, 5.74) is 3.74. The molecule has 0 spiro atoms. The van der Waals surface area contributed by atoms with Crippen molar-refractivity contribution in [2.45, 2.75) is 6.54 Å². The predicted octanol–water partition coefficient (Wildman–Crippen LogP) is 2.54. The Balaban J connectivity index is 1.87. The van der Waals surface area contributed by atoms with Crippen LogP contribution in [0.5, 0.6) is 0 Å². The number of nitrogen functional groups attached to an aromatic ring is 1. The summed E-state index contributed by atoms with van der Waals surface area (Å²) >= 11 is 5.92. The Morgan fingerprint density at radius 3 is 2.46 bits per heavy atom. The molecule has 3 N–H and O–H groups in total. The molecule has 2 aromatic rings. The van der Waals surface area contributed by atoms with E-state index in [4.69, 9.17) is 22.2 Å². The number of benzene rings is 2. The Labute approximate surface area is 166 Å². The first kappa shape index (κ1) is 20.1. The fourth-order valence-corrected chi connectivity index (χ4v) is 3.05. The number of hydrogen-bond donors (Lipinski definition) is 2. The molecule has 148 valence electrons. The number of anilines is 1. The van der Waals surface area contributed by atoms with Crippen LogP contribution >= 0.6 is 11.6 Å². The summed E-state index contributed by atoms with van der Waals surface area (Å²) in [5, 5.41) is -0.0627. The summed E-state index contributed by atoms with van der Waals surface area (Å²) in [5.74, 6) is 4.18. The van der Waals surface area contributed by atoms with Gasteiger partial charge in [-0.1, -0.05) is 23.7 Å². The van der Waals surface area contributed by atoms with Crippen LogP contribution in [-0.4, -0.2) is 43.1 Å². The van der Waals surface area contributed by atoms with E-state index >= 15 is 0 Å². The lowest BCUT2D eigenvalue weighted by molar-refractivity contribution is 0.0548.